The van der Waals surface area contributed by atoms with Crippen molar-refractivity contribution in [3.8, 4) is 0 Å². The molecule has 1 aliphatic rings. The maximum atomic E-state index is 10.6. The van der Waals surface area contributed by atoms with Gasteiger partial charge >= 0.3 is 12.0 Å². The first-order valence-electron chi connectivity index (χ1n) is 3.30. The van der Waals surface area contributed by atoms with Gasteiger partial charge in [0.15, 0.2) is 0 Å². The average Bonchev–Trinajstić information content (AvgIpc) is 1.95. The second-order valence-electron chi connectivity index (χ2n) is 2.90. The maximum Gasteiger partial charge on any atom is 0.314 e. The van der Waals surface area contributed by atoms with Crippen LogP contribution >= 0.6 is 0 Å². The van der Waals surface area contributed by atoms with Gasteiger partial charge in [-0.2, -0.15) is 0 Å². The van der Waals surface area contributed by atoms with Crippen molar-refractivity contribution in [2.24, 2.45) is 5.41 Å². The summed E-state index contributed by atoms with van der Waals surface area (Å²) in [5.74, 6) is -0.898. The highest BCUT2D eigenvalue weighted by atomic mass is 16.4. The van der Waals surface area contributed by atoms with Gasteiger partial charge in [-0.05, 0) is 6.92 Å². The van der Waals surface area contributed by atoms with E-state index in [1.165, 1.54) is 0 Å². The molecule has 0 bridgehead atoms. The molecule has 0 atom stereocenters. The SMILES string of the molecule is CC1(C(=O)O)CNC(=O)NC1. The minimum atomic E-state index is -0.898. The highest BCUT2D eigenvalue weighted by Gasteiger charge is 2.36. The summed E-state index contributed by atoms with van der Waals surface area (Å²) < 4.78 is 0. The van der Waals surface area contributed by atoms with Crippen molar-refractivity contribution in [2.45, 2.75) is 6.92 Å². The Bertz CT molecular complexity index is 192. The van der Waals surface area contributed by atoms with E-state index >= 15 is 0 Å². The second-order valence-corrected chi connectivity index (χ2v) is 2.90. The van der Waals surface area contributed by atoms with Gasteiger partial charge in [0.2, 0.25) is 0 Å². The topological polar surface area (TPSA) is 78.4 Å². The summed E-state index contributed by atoms with van der Waals surface area (Å²) >= 11 is 0. The maximum absolute atomic E-state index is 10.6. The van der Waals surface area contributed by atoms with Crippen LogP contribution in [0, 0.1) is 5.41 Å². The van der Waals surface area contributed by atoms with E-state index in [1.54, 1.807) is 6.92 Å². The fourth-order valence-electron chi connectivity index (χ4n) is 0.827. The summed E-state index contributed by atoms with van der Waals surface area (Å²) in [4.78, 5) is 21.1. The zero-order valence-electron chi connectivity index (χ0n) is 6.18. The predicted molar refractivity (Wildman–Crippen MR) is 37.1 cm³/mol. The summed E-state index contributed by atoms with van der Waals surface area (Å²) in [5.41, 5.74) is -0.867. The van der Waals surface area contributed by atoms with Gasteiger partial charge in [-0.3, -0.25) is 4.79 Å². The number of carboxylic acids is 1. The van der Waals surface area contributed by atoms with Crippen LogP contribution in [0.5, 0.6) is 0 Å². The van der Waals surface area contributed by atoms with Crippen LogP contribution in [0.25, 0.3) is 0 Å². The molecule has 0 spiro atoms. The summed E-state index contributed by atoms with van der Waals surface area (Å²) in [6.45, 7) is 1.96. The van der Waals surface area contributed by atoms with Crippen LogP contribution in [0.2, 0.25) is 0 Å². The highest BCUT2D eigenvalue weighted by Crippen LogP contribution is 2.15. The molecule has 0 saturated carbocycles. The van der Waals surface area contributed by atoms with Crippen molar-refractivity contribution in [2.75, 3.05) is 13.1 Å². The number of carbonyl (C=O) groups is 2. The Kier molecular flexibility index (Phi) is 1.72. The van der Waals surface area contributed by atoms with Crippen molar-refractivity contribution in [1.82, 2.24) is 10.6 Å². The molecule has 0 aromatic heterocycles. The lowest BCUT2D eigenvalue weighted by Gasteiger charge is -2.29. The lowest BCUT2D eigenvalue weighted by Crippen LogP contribution is -2.56. The van der Waals surface area contributed by atoms with E-state index in [9.17, 15) is 9.59 Å². The minimum absolute atomic E-state index is 0.189. The molecule has 1 fully saturated rings. The molecule has 0 aliphatic carbocycles. The van der Waals surface area contributed by atoms with Crippen LogP contribution in [0.3, 0.4) is 0 Å². The fourth-order valence-corrected chi connectivity index (χ4v) is 0.827. The van der Waals surface area contributed by atoms with Crippen molar-refractivity contribution in [3.05, 3.63) is 0 Å². The smallest absolute Gasteiger partial charge is 0.314 e. The second kappa shape index (κ2) is 2.41. The summed E-state index contributed by atoms with van der Waals surface area (Å²) in [6.07, 6.45) is 0. The first-order valence-corrected chi connectivity index (χ1v) is 3.30. The van der Waals surface area contributed by atoms with Crippen LogP contribution in [0.15, 0.2) is 0 Å². The zero-order chi connectivity index (χ0) is 8.48. The molecule has 1 saturated heterocycles. The van der Waals surface area contributed by atoms with E-state index < -0.39 is 11.4 Å². The number of hydrogen-bond acceptors (Lipinski definition) is 2. The van der Waals surface area contributed by atoms with Gasteiger partial charge in [0.1, 0.15) is 0 Å². The van der Waals surface area contributed by atoms with E-state index in [0.717, 1.165) is 0 Å². The average molecular weight is 158 g/mol. The van der Waals surface area contributed by atoms with Crippen LogP contribution in [0.1, 0.15) is 6.92 Å². The summed E-state index contributed by atoms with van der Waals surface area (Å²) in [7, 11) is 0. The number of rotatable bonds is 1. The summed E-state index contributed by atoms with van der Waals surface area (Å²) in [6, 6.07) is -0.302. The number of carbonyl (C=O) groups excluding carboxylic acids is 1. The lowest BCUT2D eigenvalue weighted by molar-refractivity contribution is -0.147. The molecule has 62 valence electrons. The van der Waals surface area contributed by atoms with Gasteiger partial charge < -0.3 is 15.7 Å². The number of aliphatic carboxylic acids is 1. The molecule has 3 N–H and O–H groups in total. The Morgan fingerprint density at radius 2 is 2.00 bits per heavy atom. The van der Waals surface area contributed by atoms with Crippen molar-refractivity contribution < 1.29 is 14.7 Å². The third-order valence-electron chi connectivity index (χ3n) is 1.79. The third kappa shape index (κ3) is 1.42. The highest BCUT2D eigenvalue weighted by molar-refractivity contribution is 5.81. The zero-order valence-corrected chi connectivity index (χ0v) is 6.18. The molecule has 0 aromatic rings. The van der Waals surface area contributed by atoms with Crippen LogP contribution in [0.4, 0.5) is 4.79 Å². The Morgan fingerprint density at radius 1 is 1.55 bits per heavy atom. The van der Waals surface area contributed by atoms with Gasteiger partial charge in [-0.25, -0.2) is 4.79 Å². The monoisotopic (exact) mass is 158 g/mol. The molecule has 0 radical (unpaired) electrons. The number of hydrogen-bond donors (Lipinski definition) is 3. The van der Waals surface area contributed by atoms with Crippen LogP contribution in [-0.2, 0) is 4.79 Å². The van der Waals surface area contributed by atoms with E-state index in [2.05, 4.69) is 10.6 Å². The molecule has 11 heavy (non-hydrogen) atoms. The molecular formula is C6H10N2O3. The Balaban J connectivity index is 2.62. The van der Waals surface area contributed by atoms with E-state index in [-0.39, 0.29) is 19.1 Å². The summed E-state index contributed by atoms with van der Waals surface area (Å²) in [5, 5.41) is 13.5. The van der Waals surface area contributed by atoms with Gasteiger partial charge in [0.25, 0.3) is 0 Å². The molecule has 0 aromatic carbocycles. The van der Waals surface area contributed by atoms with Gasteiger partial charge in [0.05, 0.1) is 5.41 Å². The van der Waals surface area contributed by atoms with Crippen molar-refractivity contribution in [1.29, 1.82) is 0 Å². The molecule has 1 aliphatic heterocycles. The normalized spacial score (nSPS) is 21.7. The largest absolute Gasteiger partial charge is 0.481 e. The fraction of sp³-hybridized carbons (Fsp3) is 0.667. The molecule has 5 heteroatoms. The number of amides is 2. The molecule has 0 unspecified atom stereocenters. The quantitative estimate of drug-likeness (QED) is 0.476. The van der Waals surface area contributed by atoms with E-state index in [1.807, 2.05) is 0 Å². The molecule has 2 amide bonds. The van der Waals surface area contributed by atoms with Crippen LogP contribution < -0.4 is 10.6 Å². The number of nitrogens with one attached hydrogen (secondary N) is 2. The molecule has 5 nitrogen and oxygen atoms in total. The first kappa shape index (κ1) is 7.84. The molecule has 1 heterocycles. The van der Waals surface area contributed by atoms with E-state index in [4.69, 9.17) is 5.11 Å². The minimum Gasteiger partial charge on any atom is -0.481 e. The third-order valence-corrected chi connectivity index (χ3v) is 1.79. The number of carboxylic acid groups (broad SMARTS) is 1. The predicted octanol–water partition coefficient (Wildman–Crippen LogP) is -0.610. The Labute approximate surface area is 63.8 Å². The standard InChI is InChI=1S/C6H10N2O3/c1-6(4(9)10)2-7-5(11)8-3-6/h2-3H2,1H3,(H,9,10)(H2,7,8,11). The molecule has 1 rings (SSSR count). The number of urea groups is 1. The van der Waals surface area contributed by atoms with Crippen molar-refractivity contribution in [3.63, 3.8) is 0 Å². The van der Waals surface area contributed by atoms with E-state index in [0.29, 0.717) is 0 Å². The van der Waals surface area contributed by atoms with Crippen molar-refractivity contribution >= 4 is 12.0 Å². The Morgan fingerprint density at radius 3 is 2.36 bits per heavy atom. The van der Waals surface area contributed by atoms with Gasteiger partial charge in [-0.1, -0.05) is 0 Å². The molecular weight excluding hydrogens is 148 g/mol. The lowest BCUT2D eigenvalue weighted by atomic mass is 9.89. The first-order chi connectivity index (χ1) is 5.04. The van der Waals surface area contributed by atoms with Gasteiger partial charge in [-0.15, -0.1) is 0 Å². The van der Waals surface area contributed by atoms with Gasteiger partial charge in [0, 0.05) is 13.1 Å². The Hall–Kier alpha value is -1.26. The van der Waals surface area contributed by atoms with Crippen LogP contribution in [-0.4, -0.2) is 30.2 Å².